The third-order valence-corrected chi connectivity index (χ3v) is 9.36. The van der Waals surface area contributed by atoms with Gasteiger partial charge in [0, 0.05) is 5.92 Å². The summed E-state index contributed by atoms with van der Waals surface area (Å²) in [6.45, 7) is 2.41. The molecule has 1 fully saturated rings. The van der Waals surface area contributed by atoms with E-state index < -0.39 is 17.3 Å². The molecular weight excluding hydrogens is 554 g/mol. The van der Waals surface area contributed by atoms with E-state index >= 15 is 9.59 Å². The van der Waals surface area contributed by atoms with Gasteiger partial charge >= 0.3 is 0 Å². The van der Waals surface area contributed by atoms with Crippen molar-refractivity contribution in [3.05, 3.63) is 191 Å². The summed E-state index contributed by atoms with van der Waals surface area (Å²) < 4.78 is 6.47. The zero-order valence-electron chi connectivity index (χ0n) is 25.3. The molecule has 4 heteroatoms. The highest BCUT2D eigenvalue weighted by Gasteiger charge is 2.61. The maximum atomic E-state index is 15.6. The molecule has 0 radical (unpaired) electrons. The van der Waals surface area contributed by atoms with Crippen LogP contribution in [0.2, 0.25) is 0 Å². The standard InChI is InChI=1S/C41H35NO3/c1-2-34-28-45-39-36(38(43)35(29-18-8-3-9-19-29)30-20-10-4-11-21-30)37(31-22-12-5-13-23-31)41(40(44)42(34)39,32-24-14-6-15-25-32)33-26-16-7-17-27-33/h3-27,34-35,37H,2,28H2,1H3/t34-,37-/m1/s1. The lowest BCUT2D eigenvalue weighted by Gasteiger charge is -2.48. The molecule has 1 amide bonds. The predicted molar refractivity (Wildman–Crippen MR) is 176 cm³/mol. The molecule has 2 aliphatic rings. The van der Waals surface area contributed by atoms with Gasteiger partial charge in [-0.05, 0) is 34.2 Å². The van der Waals surface area contributed by atoms with Crippen LogP contribution in [0, 0.1) is 0 Å². The second-order valence-electron chi connectivity index (χ2n) is 11.8. The molecule has 0 saturated carbocycles. The molecule has 7 rings (SSSR count). The monoisotopic (exact) mass is 589 g/mol. The van der Waals surface area contributed by atoms with Crippen LogP contribution < -0.4 is 0 Å². The number of rotatable bonds is 8. The Hall–Kier alpha value is -5.22. The Balaban J connectivity index is 1.59. The molecule has 5 aromatic carbocycles. The first-order valence-electron chi connectivity index (χ1n) is 15.7. The highest BCUT2D eigenvalue weighted by atomic mass is 16.5. The smallest absolute Gasteiger partial charge is 0.245 e. The average molecular weight is 590 g/mol. The Kier molecular flexibility index (Phi) is 7.64. The highest BCUT2D eigenvalue weighted by Crippen LogP contribution is 2.56. The minimum absolute atomic E-state index is 0.0678. The second kappa shape index (κ2) is 12.0. The van der Waals surface area contributed by atoms with Gasteiger partial charge in [0.15, 0.2) is 5.78 Å². The number of nitrogens with zero attached hydrogens (tertiary/aromatic N) is 1. The number of fused-ring (bicyclic) bond motifs is 1. The summed E-state index contributed by atoms with van der Waals surface area (Å²) in [4.78, 5) is 32.9. The molecule has 5 aromatic rings. The Morgan fingerprint density at radius 2 is 1.16 bits per heavy atom. The Morgan fingerprint density at radius 1 is 0.711 bits per heavy atom. The van der Waals surface area contributed by atoms with Crippen molar-refractivity contribution in [1.29, 1.82) is 0 Å². The fourth-order valence-electron chi connectivity index (χ4n) is 7.31. The van der Waals surface area contributed by atoms with Gasteiger partial charge in [-0.1, -0.05) is 159 Å². The van der Waals surface area contributed by atoms with Gasteiger partial charge in [0.25, 0.3) is 0 Å². The second-order valence-corrected chi connectivity index (χ2v) is 11.8. The van der Waals surface area contributed by atoms with Crippen LogP contribution in [0.25, 0.3) is 0 Å². The van der Waals surface area contributed by atoms with E-state index in [9.17, 15) is 0 Å². The lowest BCUT2D eigenvalue weighted by molar-refractivity contribution is -0.137. The molecule has 222 valence electrons. The van der Waals surface area contributed by atoms with Crippen molar-refractivity contribution >= 4 is 11.7 Å². The number of hydrogen-bond donors (Lipinski definition) is 0. The topological polar surface area (TPSA) is 46.6 Å². The maximum Gasteiger partial charge on any atom is 0.245 e. The Bertz CT molecular complexity index is 1740. The van der Waals surface area contributed by atoms with Crippen molar-refractivity contribution in [2.24, 2.45) is 0 Å². The molecule has 2 aliphatic heterocycles. The molecular formula is C41H35NO3. The van der Waals surface area contributed by atoms with Crippen molar-refractivity contribution in [3.63, 3.8) is 0 Å². The summed E-state index contributed by atoms with van der Waals surface area (Å²) in [7, 11) is 0. The number of hydrogen-bond acceptors (Lipinski definition) is 3. The fourth-order valence-corrected chi connectivity index (χ4v) is 7.31. The zero-order chi connectivity index (χ0) is 30.8. The van der Waals surface area contributed by atoms with E-state index in [2.05, 4.69) is 6.92 Å². The number of ether oxygens (including phenoxy) is 1. The van der Waals surface area contributed by atoms with Gasteiger partial charge in [-0.3, -0.25) is 14.5 Å². The summed E-state index contributed by atoms with van der Waals surface area (Å²) in [6, 6.07) is 49.6. The minimum atomic E-state index is -1.22. The first kappa shape index (κ1) is 28.5. The molecule has 2 atom stereocenters. The normalized spacial score (nSPS) is 18.9. The third kappa shape index (κ3) is 4.69. The molecule has 1 saturated heterocycles. The van der Waals surface area contributed by atoms with Gasteiger partial charge in [0.05, 0.1) is 17.5 Å². The van der Waals surface area contributed by atoms with Crippen molar-refractivity contribution in [2.75, 3.05) is 6.61 Å². The number of amides is 1. The molecule has 0 spiro atoms. The van der Waals surface area contributed by atoms with E-state index in [-0.39, 0.29) is 17.7 Å². The molecule has 45 heavy (non-hydrogen) atoms. The lowest BCUT2D eigenvalue weighted by atomic mass is 9.57. The van der Waals surface area contributed by atoms with E-state index in [0.717, 1.165) is 27.8 Å². The van der Waals surface area contributed by atoms with Crippen LogP contribution in [-0.2, 0) is 19.7 Å². The number of carbonyl (C=O) groups excluding carboxylic acids is 2. The lowest BCUT2D eigenvalue weighted by Crippen LogP contribution is -2.57. The molecule has 0 bridgehead atoms. The van der Waals surface area contributed by atoms with Crippen molar-refractivity contribution in [3.8, 4) is 0 Å². The molecule has 0 unspecified atom stereocenters. The molecule has 0 N–H and O–H groups in total. The van der Waals surface area contributed by atoms with E-state index in [0.29, 0.717) is 24.5 Å². The van der Waals surface area contributed by atoms with Gasteiger partial charge in [-0.15, -0.1) is 0 Å². The number of benzene rings is 5. The molecule has 2 heterocycles. The summed E-state index contributed by atoms with van der Waals surface area (Å²) in [6.07, 6.45) is 0.702. The van der Waals surface area contributed by atoms with Gasteiger partial charge < -0.3 is 4.74 Å². The van der Waals surface area contributed by atoms with E-state index in [1.54, 1.807) is 4.90 Å². The van der Waals surface area contributed by atoms with Gasteiger partial charge in [0.2, 0.25) is 11.8 Å². The van der Waals surface area contributed by atoms with Gasteiger partial charge in [-0.2, -0.15) is 0 Å². The third-order valence-electron chi connectivity index (χ3n) is 9.36. The zero-order valence-corrected chi connectivity index (χ0v) is 25.3. The SMILES string of the molecule is CC[C@@H]1COC2=C(C(=O)C(c3ccccc3)c3ccccc3)[C@@H](c3ccccc3)C(c3ccccc3)(c3ccccc3)C(=O)N21. The summed E-state index contributed by atoms with van der Waals surface area (Å²) in [5.41, 5.74) is 3.67. The van der Waals surface area contributed by atoms with E-state index in [1.807, 2.05) is 152 Å². The predicted octanol–water partition coefficient (Wildman–Crippen LogP) is 8.02. The van der Waals surface area contributed by atoms with Crippen LogP contribution in [0.5, 0.6) is 0 Å². The molecule has 0 aromatic heterocycles. The van der Waals surface area contributed by atoms with Crippen molar-refractivity contribution in [2.45, 2.75) is 36.6 Å². The van der Waals surface area contributed by atoms with Crippen molar-refractivity contribution in [1.82, 2.24) is 4.90 Å². The summed E-state index contributed by atoms with van der Waals surface area (Å²) >= 11 is 0. The van der Waals surface area contributed by atoms with E-state index in [1.165, 1.54) is 0 Å². The van der Waals surface area contributed by atoms with Crippen LogP contribution in [0.15, 0.2) is 163 Å². The number of Topliss-reactive ketones (excluding diaryl/α,β-unsaturated/α-hetero) is 1. The maximum absolute atomic E-state index is 15.6. The first-order chi connectivity index (χ1) is 22.2. The summed E-state index contributed by atoms with van der Waals surface area (Å²) in [5.74, 6) is -0.989. The van der Waals surface area contributed by atoms with Crippen LogP contribution in [0.4, 0.5) is 0 Å². The molecule has 4 nitrogen and oxygen atoms in total. The number of allylic oxidation sites excluding steroid dienone is 1. The average Bonchev–Trinajstić information content (AvgIpc) is 3.55. The largest absolute Gasteiger partial charge is 0.476 e. The van der Waals surface area contributed by atoms with Crippen LogP contribution in [0.1, 0.15) is 53.0 Å². The quantitative estimate of drug-likeness (QED) is 0.184. The molecule has 0 aliphatic carbocycles. The first-order valence-corrected chi connectivity index (χ1v) is 15.7. The number of ketones is 1. The highest BCUT2D eigenvalue weighted by molar-refractivity contribution is 6.09. The fraction of sp³-hybridized carbons (Fsp3) is 0.171. The van der Waals surface area contributed by atoms with E-state index in [4.69, 9.17) is 4.74 Å². The minimum Gasteiger partial charge on any atom is -0.476 e. The van der Waals surface area contributed by atoms with Crippen molar-refractivity contribution < 1.29 is 14.3 Å². The van der Waals surface area contributed by atoms with Crippen LogP contribution >= 0.6 is 0 Å². The Morgan fingerprint density at radius 3 is 1.62 bits per heavy atom. The van der Waals surface area contributed by atoms with Gasteiger partial charge in [-0.25, -0.2) is 0 Å². The Labute approximate surface area is 264 Å². The van der Waals surface area contributed by atoms with Crippen LogP contribution in [0.3, 0.4) is 0 Å². The summed E-state index contributed by atoms with van der Waals surface area (Å²) in [5, 5.41) is 0. The van der Waals surface area contributed by atoms with Gasteiger partial charge in [0.1, 0.15) is 12.0 Å². The number of carbonyl (C=O) groups is 2. The van der Waals surface area contributed by atoms with Crippen LogP contribution in [-0.4, -0.2) is 29.2 Å².